The van der Waals surface area contributed by atoms with Crippen molar-refractivity contribution in [1.82, 2.24) is 4.98 Å². The van der Waals surface area contributed by atoms with E-state index in [1.165, 1.54) is 0 Å². The van der Waals surface area contributed by atoms with E-state index >= 15 is 0 Å². The predicted octanol–water partition coefficient (Wildman–Crippen LogP) is 2.23. The van der Waals surface area contributed by atoms with Gasteiger partial charge in [-0.3, -0.25) is 4.18 Å². The Kier molecular flexibility index (Phi) is 4.81. The van der Waals surface area contributed by atoms with Gasteiger partial charge >= 0.3 is 0 Å². The highest BCUT2D eigenvalue weighted by atomic mass is 79.9. The molecule has 7 heteroatoms. The number of rotatable bonds is 6. The number of hydrogen-bond donors (Lipinski definition) is 0. The monoisotopic (exact) mass is 349 g/mol. The van der Waals surface area contributed by atoms with Crippen LogP contribution in [0.3, 0.4) is 0 Å². The number of ether oxygens (including phenoxy) is 1. The highest BCUT2D eigenvalue weighted by Gasteiger charge is 2.30. The molecule has 2 rings (SSSR count). The first kappa shape index (κ1) is 14.7. The van der Waals surface area contributed by atoms with Crippen LogP contribution in [0.5, 0.6) is 5.88 Å². The molecule has 1 aromatic heterocycles. The van der Waals surface area contributed by atoms with Crippen molar-refractivity contribution >= 4 is 26.0 Å². The summed E-state index contributed by atoms with van der Waals surface area (Å²) in [5.74, 6) is 1.37. The molecule has 1 saturated carbocycles. The summed E-state index contributed by atoms with van der Waals surface area (Å²) in [5, 5.41) is 0. The molecule has 0 N–H and O–H groups in total. The van der Waals surface area contributed by atoms with E-state index in [9.17, 15) is 8.42 Å². The molecule has 0 atom stereocenters. The van der Waals surface area contributed by atoms with Gasteiger partial charge in [0.15, 0.2) is 0 Å². The molecular formula is C12H16BrNO4S. The van der Waals surface area contributed by atoms with Gasteiger partial charge in [0.25, 0.3) is 10.1 Å². The molecule has 0 aromatic carbocycles. The molecule has 0 radical (unpaired) electrons. The van der Waals surface area contributed by atoms with Crippen molar-refractivity contribution in [1.29, 1.82) is 0 Å². The van der Waals surface area contributed by atoms with Crippen LogP contribution in [0.15, 0.2) is 22.8 Å². The first-order valence-corrected chi connectivity index (χ1v) is 8.63. The average molecular weight is 350 g/mol. The zero-order valence-corrected chi connectivity index (χ0v) is 13.0. The van der Waals surface area contributed by atoms with Crippen molar-refractivity contribution in [3.63, 3.8) is 0 Å². The van der Waals surface area contributed by atoms with Crippen LogP contribution in [-0.4, -0.2) is 32.9 Å². The van der Waals surface area contributed by atoms with Gasteiger partial charge in [-0.1, -0.05) is 6.07 Å². The summed E-state index contributed by atoms with van der Waals surface area (Å²) >= 11 is 3.28. The predicted molar refractivity (Wildman–Crippen MR) is 74.4 cm³/mol. The molecule has 0 spiro atoms. The van der Waals surface area contributed by atoms with Gasteiger partial charge < -0.3 is 4.74 Å². The average Bonchev–Trinajstić information content (AvgIpc) is 2.25. The number of hydrogen-bond acceptors (Lipinski definition) is 5. The third-order valence-corrected chi connectivity index (χ3v) is 4.01. The van der Waals surface area contributed by atoms with Crippen LogP contribution in [0.4, 0.5) is 0 Å². The third-order valence-electron chi connectivity index (χ3n) is 3.01. The van der Waals surface area contributed by atoms with Crippen LogP contribution in [0.2, 0.25) is 0 Å². The summed E-state index contributed by atoms with van der Waals surface area (Å²) < 4.78 is 32.8. The second-order valence-electron chi connectivity index (χ2n) is 4.80. The van der Waals surface area contributed by atoms with E-state index in [0.717, 1.165) is 23.7 Å². The summed E-state index contributed by atoms with van der Waals surface area (Å²) in [6.45, 7) is 0.892. The number of pyridine rings is 1. The molecule has 1 aromatic rings. The van der Waals surface area contributed by atoms with E-state index in [1.807, 2.05) is 18.2 Å². The lowest BCUT2D eigenvalue weighted by Crippen LogP contribution is -2.32. The van der Waals surface area contributed by atoms with Gasteiger partial charge in [-0.25, -0.2) is 4.98 Å². The molecule has 1 aliphatic rings. The minimum atomic E-state index is -3.32. The molecule has 0 saturated heterocycles. The van der Waals surface area contributed by atoms with E-state index in [1.54, 1.807) is 0 Å². The standard InChI is InChI=1S/C12H16BrNO4S/c1-19(15,16)18-8-10-5-9(6-10)7-17-12-4-2-3-11(13)14-12/h2-4,9-10H,5-8H2,1H3. The minimum Gasteiger partial charge on any atom is -0.477 e. The first-order chi connectivity index (χ1) is 8.92. The zero-order chi connectivity index (χ0) is 13.9. The fraction of sp³-hybridized carbons (Fsp3) is 0.583. The van der Waals surface area contributed by atoms with Crippen molar-refractivity contribution in [2.24, 2.45) is 11.8 Å². The number of aromatic nitrogens is 1. The van der Waals surface area contributed by atoms with Crippen LogP contribution in [-0.2, 0) is 14.3 Å². The van der Waals surface area contributed by atoms with Crippen LogP contribution >= 0.6 is 15.9 Å². The molecule has 1 aliphatic carbocycles. The Hall–Kier alpha value is -0.660. The molecule has 1 fully saturated rings. The lowest BCUT2D eigenvalue weighted by Gasteiger charge is -2.34. The number of nitrogens with zero attached hydrogens (tertiary/aromatic N) is 1. The maximum atomic E-state index is 10.8. The van der Waals surface area contributed by atoms with Gasteiger partial charge in [0.1, 0.15) is 4.60 Å². The van der Waals surface area contributed by atoms with E-state index in [-0.39, 0.29) is 6.61 Å². The lowest BCUT2D eigenvalue weighted by atomic mass is 9.76. The van der Waals surface area contributed by atoms with Gasteiger partial charge in [-0.05, 0) is 46.7 Å². The van der Waals surface area contributed by atoms with E-state index in [2.05, 4.69) is 20.9 Å². The Balaban J connectivity index is 1.65. The van der Waals surface area contributed by atoms with Crippen LogP contribution in [0.25, 0.3) is 0 Å². The second-order valence-corrected chi connectivity index (χ2v) is 7.26. The van der Waals surface area contributed by atoms with Crippen LogP contribution in [0.1, 0.15) is 12.8 Å². The SMILES string of the molecule is CS(=O)(=O)OCC1CC(COc2cccc(Br)n2)C1. The molecule has 0 aliphatic heterocycles. The molecule has 0 bridgehead atoms. The Labute approximate surface area is 121 Å². The molecule has 106 valence electrons. The van der Waals surface area contributed by atoms with E-state index in [4.69, 9.17) is 8.92 Å². The molecule has 0 unspecified atom stereocenters. The molecular weight excluding hydrogens is 334 g/mol. The van der Waals surface area contributed by atoms with Gasteiger partial charge in [-0.15, -0.1) is 0 Å². The molecule has 19 heavy (non-hydrogen) atoms. The summed E-state index contributed by atoms with van der Waals surface area (Å²) in [6, 6.07) is 5.53. The zero-order valence-electron chi connectivity index (χ0n) is 10.6. The normalized spacial score (nSPS) is 22.8. The fourth-order valence-corrected chi connectivity index (χ4v) is 2.81. The topological polar surface area (TPSA) is 65.5 Å². The van der Waals surface area contributed by atoms with E-state index in [0.29, 0.717) is 24.3 Å². The van der Waals surface area contributed by atoms with Crippen molar-refractivity contribution in [3.05, 3.63) is 22.8 Å². The summed E-state index contributed by atoms with van der Waals surface area (Å²) in [5.41, 5.74) is 0. The fourth-order valence-electron chi connectivity index (χ4n) is 2.04. The Morgan fingerprint density at radius 2 is 2.00 bits per heavy atom. The first-order valence-electron chi connectivity index (χ1n) is 6.02. The Morgan fingerprint density at radius 1 is 1.32 bits per heavy atom. The largest absolute Gasteiger partial charge is 0.477 e. The maximum Gasteiger partial charge on any atom is 0.264 e. The van der Waals surface area contributed by atoms with Crippen molar-refractivity contribution in [2.75, 3.05) is 19.5 Å². The quantitative estimate of drug-likeness (QED) is 0.581. The van der Waals surface area contributed by atoms with Crippen LogP contribution in [0, 0.1) is 11.8 Å². The highest BCUT2D eigenvalue weighted by molar-refractivity contribution is 9.10. The summed E-state index contributed by atoms with van der Waals surface area (Å²) in [4.78, 5) is 4.18. The van der Waals surface area contributed by atoms with E-state index < -0.39 is 10.1 Å². The summed E-state index contributed by atoms with van der Waals surface area (Å²) in [7, 11) is -3.32. The highest BCUT2D eigenvalue weighted by Crippen LogP contribution is 2.34. The van der Waals surface area contributed by atoms with Gasteiger partial charge in [0, 0.05) is 6.07 Å². The second kappa shape index (κ2) is 6.19. The van der Waals surface area contributed by atoms with Crippen LogP contribution < -0.4 is 4.74 Å². The third kappa shape index (κ3) is 5.08. The smallest absolute Gasteiger partial charge is 0.264 e. The van der Waals surface area contributed by atoms with Gasteiger partial charge in [-0.2, -0.15) is 8.42 Å². The van der Waals surface area contributed by atoms with Crippen molar-refractivity contribution in [2.45, 2.75) is 12.8 Å². The lowest BCUT2D eigenvalue weighted by molar-refractivity contribution is 0.0823. The Morgan fingerprint density at radius 3 is 2.63 bits per heavy atom. The van der Waals surface area contributed by atoms with Crippen molar-refractivity contribution < 1.29 is 17.3 Å². The van der Waals surface area contributed by atoms with Gasteiger partial charge in [0.2, 0.25) is 5.88 Å². The Bertz CT molecular complexity index is 528. The van der Waals surface area contributed by atoms with Crippen molar-refractivity contribution in [3.8, 4) is 5.88 Å². The molecule has 0 amide bonds. The molecule has 5 nitrogen and oxygen atoms in total. The molecule has 1 heterocycles. The maximum absolute atomic E-state index is 10.8. The van der Waals surface area contributed by atoms with Gasteiger partial charge in [0.05, 0.1) is 19.5 Å². The minimum absolute atomic E-state index is 0.282. The summed E-state index contributed by atoms with van der Waals surface area (Å²) in [6.07, 6.45) is 2.94. The number of halogens is 1.